The van der Waals surface area contributed by atoms with E-state index in [1.807, 2.05) is 6.07 Å². The Balaban J connectivity index is 1.27. The SMILES string of the molecule is Cc1ccc(-c2ccc(C3CCC(CCC4CCC(CF)CC4)CC3)c(F)c2)cc1. The van der Waals surface area contributed by atoms with Gasteiger partial charge in [0.1, 0.15) is 5.82 Å². The molecule has 0 N–H and O–H groups in total. The van der Waals surface area contributed by atoms with Gasteiger partial charge in [-0.05, 0) is 91.9 Å². The molecule has 0 unspecified atom stereocenters. The normalized spacial score (nSPS) is 27.2. The van der Waals surface area contributed by atoms with Crippen molar-refractivity contribution in [2.45, 2.75) is 77.0 Å². The van der Waals surface area contributed by atoms with Gasteiger partial charge in [0.05, 0.1) is 6.67 Å². The minimum Gasteiger partial charge on any atom is -0.251 e. The van der Waals surface area contributed by atoms with E-state index in [9.17, 15) is 8.78 Å². The first-order valence-electron chi connectivity index (χ1n) is 12.0. The van der Waals surface area contributed by atoms with Crippen LogP contribution in [0.25, 0.3) is 11.1 Å². The standard InChI is InChI=1S/C28H36F2/c1-20-2-12-24(13-3-20)26-16-17-27(28(30)18-26)25-14-10-22(11-15-25)5-4-21-6-8-23(19-29)9-7-21/h2-3,12-13,16-18,21-23,25H,4-11,14-15,19H2,1H3. The van der Waals surface area contributed by atoms with E-state index < -0.39 is 0 Å². The zero-order chi connectivity index (χ0) is 20.9. The van der Waals surface area contributed by atoms with E-state index in [2.05, 4.69) is 37.3 Å². The summed E-state index contributed by atoms with van der Waals surface area (Å²) in [5.74, 6) is 2.28. The number of hydrogen-bond donors (Lipinski definition) is 0. The van der Waals surface area contributed by atoms with Crippen molar-refractivity contribution in [3.63, 3.8) is 0 Å². The van der Waals surface area contributed by atoms with Crippen LogP contribution in [-0.4, -0.2) is 6.67 Å². The van der Waals surface area contributed by atoms with Gasteiger partial charge in [0.2, 0.25) is 0 Å². The molecule has 2 aromatic carbocycles. The molecule has 0 radical (unpaired) electrons. The molecule has 30 heavy (non-hydrogen) atoms. The van der Waals surface area contributed by atoms with E-state index in [0.29, 0.717) is 11.8 Å². The third kappa shape index (κ3) is 5.31. The molecule has 2 heteroatoms. The molecule has 0 aromatic heterocycles. The fourth-order valence-electron chi connectivity index (χ4n) is 5.69. The first kappa shape index (κ1) is 21.5. The molecule has 0 amide bonds. The molecule has 2 saturated carbocycles. The first-order valence-corrected chi connectivity index (χ1v) is 12.0. The Morgan fingerprint density at radius 1 is 0.700 bits per heavy atom. The van der Waals surface area contributed by atoms with Crippen molar-refractivity contribution in [1.82, 2.24) is 0 Å². The van der Waals surface area contributed by atoms with Crippen molar-refractivity contribution in [3.05, 3.63) is 59.4 Å². The Labute approximate surface area is 181 Å². The Kier molecular flexibility index (Phi) is 7.23. The summed E-state index contributed by atoms with van der Waals surface area (Å²) in [6.45, 7) is 1.94. The largest absolute Gasteiger partial charge is 0.251 e. The van der Waals surface area contributed by atoms with Crippen molar-refractivity contribution in [3.8, 4) is 11.1 Å². The topological polar surface area (TPSA) is 0 Å². The molecule has 2 aromatic rings. The predicted molar refractivity (Wildman–Crippen MR) is 122 cm³/mol. The second-order valence-electron chi connectivity index (χ2n) is 9.94. The Bertz CT molecular complexity index is 794. The van der Waals surface area contributed by atoms with Crippen molar-refractivity contribution in [1.29, 1.82) is 0 Å². The fraction of sp³-hybridized carbons (Fsp3) is 0.571. The van der Waals surface area contributed by atoms with Crippen LogP contribution >= 0.6 is 0 Å². The number of rotatable bonds is 6. The molecule has 0 spiro atoms. The first-order chi connectivity index (χ1) is 14.6. The minimum atomic E-state index is -0.126. The summed E-state index contributed by atoms with van der Waals surface area (Å²) in [6, 6.07) is 14.1. The molecule has 0 heterocycles. The summed E-state index contributed by atoms with van der Waals surface area (Å²) < 4.78 is 27.7. The van der Waals surface area contributed by atoms with Crippen molar-refractivity contribution in [2.24, 2.45) is 17.8 Å². The van der Waals surface area contributed by atoms with Crippen LogP contribution in [-0.2, 0) is 0 Å². The molecule has 0 aliphatic heterocycles. The van der Waals surface area contributed by atoms with Crippen LogP contribution in [0.2, 0.25) is 0 Å². The number of aryl methyl sites for hydroxylation is 1. The molecule has 162 valence electrons. The zero-order valence-electron chi connectivity index (χ0n) is 18.4. The number of hydrogen-bond acceptors (Lipinski definition) is 0. The van der Waals surface area contributed by atoms with E-state index in [4.69, 9.17) is 0 Å². The molecule has 2 aliphatic carbocycles. The van der Waals surface area contributed by atoms with E-state index in [1.54, 1.807) is 6.07 Å². The molecular weight excluding hydrogens is 374 g/mol. The molecular formula is C28H36F2. The number of halogens is 2. The zero-order valence-corrected chi connectivity index (χ0v) is 18.4. The lowest BCUT2D eigenvalue weighted by Crippen LogP contribution is -2.18. The smallest absolute Gasteiger partial charge is 0.127 e. The Morgan fingerprint density at radius 3 is 1.80 bits per heavy atom. The van der Waals surface area contributed by atoms with Crippen molar-refractivity contribution >= 4 is 0 Å². The van der Waals surface area contributed by atoms with Crippen LogP contribution in [0.1, 0.15) is 81.3 Å². The third-order valence-corrected chi connectivity index (χ3v) is 7.84. The van der Waals surface area contributed by atoms with Crippen LogP contribution in [0.5, 0.6) is 0 Å². The predicted octanol–water partition coefficient (Wildman–Crippen LogP) is 8.63. The van der Waals surface area contributed by atoms with E-state index in [1.165, 1.54) is 44.1 Å². The minimum absolute atomic E-state index is 0.0406. The van der Waals surface area contributed by atoms with E-state index in [0.717, 1.165) is 54.2 Å². The maximum atomic E-state index is 14.9. The van der Waals surface area contributed by atoms with Gasteiger partial charge in [-0.2, -0.15) is 0 Å². The van der Waals surface area contributed by atoms with Crippen LogP contribution in [0.15, 0.2) is 42.5 Å². The highest BCUT2D eigenvalue weighted by Gasteiger charge is 2.26. The summed E-state index contributed by atoms with van der Waals surface area (Å²) >= 11 is 0. The van der Waals surface area contributed by atoms with E-state index >= 15 is 0 Å². The molecule has 0 bridgehead atoms. The molecule has 0 atom stereocenters. The van der Waals surface area contributed by atoms with Gasteiger partial charge in [-0.3, -0.25) is 4.39 Å². The summed E-state index contributed by atoms with van der Waals surface area (Å²) in [5, 5.41) is 0. The average Bonchev–Trinajstić information content (AvgIpc) is 2.79. The lowest BCUT2D eigenvalue weighted by atomic mass is 9.74. The molecule has 0 nitrogen and oxygen atoms in total. The Morgan fingerprint density at radius 2 is 1.23 bits per heavy atom. The fourth-order valence-corrected chi connectivity index (χ4v) is 5.69. The van der Waals surface area contributed by atoms with Gasteiger partial charge in [0, 0.05) is 0 Å². The molecule has 2 fully saturated rings. The van der Waals surface area contributed by atoms with Gasteiger partial charge in [0.25, 0.3) is 0 Å². The monoisotopic (exact) mass is 410 g/mol. The van der Waals surface area contributed by atoms with E-state index in [-0.39, 0.29) is 12.5 Å². The van der Waals surface area contributed by atoms with Gasteiger partial charge < -0.3 is 0 Å². The lowest BCUT2D eigenvalue weighted by Gasteiger charge is -2.31. The maximum Gasteiger partial charge on any atom is 0.127 e. The lowest BCUT2D eigenvalue weighted by molar-refractivity contribution is 0.206. The van der Waals surface area contributed by atoms with Crippen LogP contribution in [0, 0.1) is 30.5 Å². The number of alkyl halides is 1. The highest BCUT2D eigenvalue weighted by atomic mass is 19.1. The maximum absolute atomic E-state index is 14.9. The van der Waals surface area contributed by atoms with Gasteiger partial charge >= 0.3 is 0 Å². The van der Waals surface area contributed by atoms with Crippen molar-refractivity contribution < 1.29 is 8.78 Å². The second-order valence-corrected chi connectivity index (χ2v) is 9.94. The van der Waals surface area contributed by atoms with Gasteiger partial charge in [-0.1, -0.05) is 67.6 Å². The Hall–Kier alpha value is -1.70. The summed E-state index contributed by atoms with van der Waals surface area (Å²) in [4.78, 5) is 0. The van der Waals surface area contributed by atoms with Gasteiger partial charge in [0.15, 0.2) is 0 Å². The average molecular weight is 411 g/mol. The van der Waals surface area contributed by atoms with Crippen LogP contribution < -0.4 is 0 Å². The van der Waals surface area contributed by atoms with Crippen molar-refractivity contribution in [2.75, 3.05) is 6.67 Å². The molecule has 2 aliphatic rings. The molecule has 0 saturated heterocycles. The van der Waals surface area contributed by atoms with Crippen LogP contribution in [0.3, 0.4) is 0 Å². The second kappa shape index (κ2) is 10.1. The highest BCUT2D eigenvalue weighted by Crippen LogP contribution is 2.41. The van der Waals surface area contributed by atoms with Gasteiger partial charge in [-0.15, -0.1) is 0 Å². The quantitative estimate of drug-likeness (QED) is 0.447. The summed E-state index contributed by atoms with van der Waals surface area (Å²) in [6.07, 6.45) is 11.9. The van der Waals surface area contributed by atoms with Gasteiger partial charge in [-0.25, -0.2) is 4.39 Å². The summed E-state index contributed by atoms with van der Waals surface area (Å²) in [5.41, 5.74) is 4.18. The third-order valence-electron chi connectivity index (χ3n) is 7.84. The van der Waals surface area contributed by atoms with Crippen LogP contribution in [0.4, 0.5) is 8.78 Å². The summed E-state index contributed by atoms with van der Waals surface area (Å²) in [7, 11) is 0. The molecule has 4 rings (SSSR count). The highest BCUT2D eigenvalue weighted by molar-refractivity contribution is 5.64. The number of benzene rings is 2.